The van der Waals surface area contributed by atoms with Crippen LogP contribution in [0.2, 0.25) is 0 Å². The van der Waals surface area contributed by atoms with E-state index in [-0.39, 0.29) is 28.3 Å². The highest BCUT2D eigenvalue weighted by molar-refractivity contribution is 5.73. The molecular weight excluding hydrogens is 236 g/mol. The van der Waals surface area contributed by atoms with Gasteiger partial charge in [0.2, 0.25) is 0 Å². The van der Waals surface area contributed by atoms with Crippen molar-refractivity contribution in [3.8, 4) is 0 Å². The fourth-order valence-electron chi connectivity index (χ4n) is 2.06. The van der Waals surface area contributed by atoms with Gasteiger partial charge in [0.25, 0.3) is 0 Å². The molecule has 2 heteroatoms. The van der Waals surface area contributed by atoms with Gasteiger partial charge < -0.3 is 4.74 Å². The van der Waals surface area contributed by atoms with E-state index >= 15 is 0 Å². The first-order valence-electron chi connectivity index (χ1n) is 7.57. The van der Waals surface area contributed by atoms with E-state index in [0.29, 0.717) is 0 Å². The summed E-state index contributed by atoms with van der Waals surface area (Å²) in [6.07, 6.45) is 2.59. The first kappa shape index (κ1) is 18.5. The molecule has 19 heavy (non-hydrogen) atoms. The Kier molecular flexibility index (Phi) is 6.10. The van der Waals surface area contributed by atoms with Crippen molar-refractivity contribution < 1.29 is 9.53 Å². The number of carbonyl (C=O) groups excluding carboxylic acids is 1. The van der Waals surface area contributed by atoms with Crippen molar-refractivity contribution in [2.24, 2.45) is 16.7 Å². The maximum absolute atomic E-state index is 12.6. The first-order valence-corrected chi connectivity index (χ1v) is 7.57. The van der Waals surface area contributed by atoms with E-state index in [1.165, 1.54) is 0 Å². The zero-order chi connectivity index (χ0) is 15.5. The molecule has 0 saturated heterocycles. The van der Waals surface area contributed by atoms with Crippen LogP contribution in [0.4, 0.5) is 0 Å². The van der Waals surface area contributed by atoms with Gasteiger partial charge in [-0.05, 0) is 37.0 Å². The summed E-state index contributed by atoms with van der Waals surface area (Å²) in [6.45, 7) is 19.1. The van der Waals surface area contributed by atoms with Crippen LogP contribution in [0.25, 0.3) is 0 Å². The van der Waals surface area contributed by atoms with E-state index in [1.807, 2.05) is 6.92 Å². The van der Waals surface area contributed by atoms with Gasteiger partial charge in [-0.3, -0.25) is 4.79 Å². The van der Waals surface area contributed by atoms with Crippen molar-refractivity contribution in [1.82, 2.24) is 0 Å². The zero-order valence-corrected chi connectivity index (χ0v) is 14.5. The SMILES string of the molecule is CCC(C)(CC)OC(=O)C(CC(C)(C)C)C(C)(C)C. The minimum Gasteiger partial charge on any atom is -0.459 e. The molecule has 0 bridgehead atoms. The smallest absolute Gasteiger partial charge is 0.310 e. The molecule has 0 spiro atoms. The zero-order valence-electron chi connectivity index (χ0n) is 14.5. The fourth-order valence-corrected chi connectivity index (χ4v) is 2.06. The second-order valence-corrected chi connectivity index (χ2v) is 8.26. The van der Waals surface area contributed by atoms with E-state index in [2.05, 4.69) is 55.4 Å². The molecule has 0 N–H and O–H groups in total. The Hall–Kier alpha value is -0.530. The molecule has 0 aliphatic rings. The normalized spacial score (nSPS) is 15.2. The molecule has 0 aromatic heterocycles. The second kappa shape index (κ2) is 6.28. The van der Waals surface area contributed by atoms with Crippen LogP contribution < -0.4 is 0 Å². The Morgan fingerprint density at radius 2 is 1.37 bits per heavy atom. The quantitative estimate of drug-likeness (QED) is 0.641. The minimum absolute atomic E-state index is 0.0337. The van der Waals surface area contributed by atoms with Crippen LogP contribution in [-0.4, -0.2) is 11.6 Å². The lowest BCUT2D eigenvalue weighted by molar-refractivity contribution is -0.169. The maximum Gasteiger partial charge on any atom is 0.310 e. The maximum atomic E-state index is 12.6. The molecule has 1 unspecified atom stereocenters. The summed E-state index contributed by atoms with van der Waals surface area (Å²) in [7, 11) is 0. The van der Waals surface area contributed by atoms with Crippen LogP contribution in [0.1, 0.15) is 81.6 Å². The van der Waals surface area contributed by atoms with Crippen molar-refractivity contribution >= 4 is 5.97 Å². The van der Waals surface area contributed by atoms with Gasteiger partial charge in [-0.15, -0.1) is 0 Å². The van der Waals surface area contributed by atoms with E-state index in [4.69, 9.17) is 4.74 Å². The van der Waals surface area contributed by atoms with Crippen molar-refractivity contribution in [2.45, 2.75) is 87.2 Å². The van der Waals surface area contributed by atoms with E-state index < -0.39 is 0 Å². The average molecular weight is 270 g/mol. The number of esters is 1. The molecule has 0 fully saturated rings. The molecule has 1 atom stereocenters. The summed E-state index contributed by atoms with van der Waals surface area (Å²) >= 11 is 0. The Morgan fingerprint density at radius 1 is 0.947 bits per heavy atom. The molecule has 0 aromatic carbocycles. The predicted molar refractivity (Wildman–Crippen MR) is 82.1 cm³/mol. The molecular formula is C17H34O2. The Bertz CT molecular complexity index is 287. The Labute approximate surface area is 120 Å². The van der Waals surface area contributed by atoms with Crippen LogP contribution >= 0.6 is 0 Å². The number of ether oxygens (including phenoxy) is 1. The third-order valence-corrected chi connectivity index (χ3v) is 3.99. The van der Waals surface area contributed by atoms with Gasteiger partial charge in [-0.1, -0.05) is 55.4 Å². The summed E-state index contributed by atoms with van der Waals surface area (Å²) < 4.78 is 5.83. The Balaban J connectivity index is 5.04. The van der Waals surface area contributed by atoms with Gasteiger partial charge in [0.15, 0.2) is 0 Å². The molecule has 0 aliphatic heterocycles. The van der Waals surface area contributed by atoms with Crippen LogP contribution in [0.5, 0.6) is 0 Å². The van der Waals surface area contributed by atoms with E-state index in [0.717, 1.165) is 19.3 Å². The van der Waals surface area contributed by atoms with Gasteiger partial charge in [0.1, 0.15) is 5.60 Å². The van der Waals surface area contributed by atoms with Crippen molar-refractivity contribution in [3.63, 3.8) is 0 Å². The predicted octanol–water partition coefficient (Wildman–Crippen LogP) is 5.21. The largest absolute Gasteiger partial charge is 0.459 e. The third-order valence-electron chi connectivity index (χ3n) is 3.99. The van der Waals surface area contributed by atoms with E-state index in [1.54, 1.807) is 0 Å². The fraction of sp³-hybridized carbons (Fsp3) is 0.941. The highest BCUT2D eigenvalue weighted by Crippen LogP contribution is 2.38. The lowest BCUT2D eigenvalue weighted by Crippen LogP contribution is -2.39. The summed E-state index contributed by atoms with van der Waals surface area (Å²) in [4.78, 5) is 12.6. The topological polar surface area (TPSA) is 26.3 Å². The van der Waals surface area contributed by atoms with Crippen LogP contribution in [0.15, 0.2) is 0 Å². The lowest BCUT2D eigenvalue weighted by atomic mass is 9.72. The van der Waals surface area contributed by atoms with Crippen LogP contribution in [-0.2, 0) is 9.53 Å². The standard InChI is InChI=1S/C17H34O2/c1-10-17(9,11-2)19-14(18)13(16(6,7)8)12-15(3,4)5/h13H,10-12H2,1-9H3. The van der Waals surface area contributed by atoms with Crippen molar-refractivity contribution in [2.75, 3.05) is 0 Å². The molecule has 114 valence electrons. The van der Waals surface area contributed by atoms with Crippen molar-refractivity contribution in [3.05, 3.63) is 0 Å². The summed E-state index contributed by atoms with van der Waals surface area (Å²) in [5, 5.41) is 0. The Morgan fingerprint density at radius 3 is 1.63 bits per heavy atom. The summed E-state index contributed by atoms with van der Waals surface area (Å²) in [6, 6.07) is 0. The highest BCUT2D eigenvalue weighted by atomic mass is 16.6. The number of hydrogen-bond acceptors (Lipinski definition) is 2. The highest BCUT2D eigenvalue weighted by Gasteiger charge is 2.38. The molecule has 0 rings (SSSR count). The number of rotatable bonds is 5. The van der Waals surface area contributed by atoms with Gasteiger partial charge in [0, 0.05) is 0 Å². The monoisotopic (exact) mass is 270 g/mol. The number of carbonyl (C=O) groups is 1. The van der Waals surface area contributed by atoms with Crippen molar-refractivity contribution in [1.29, 1.82) is 0 Å². The summed E-state index contributed by atoms with van der Waals surface area (Å²) in [5.41, 5.74) is -0.253. The summed E-state index contributed by atoms with van der Waals surface area (Å²) in [5.74, 6) is -0.0847. The van der Waals surface area contributed by atoms with Gasteiger partial charge in [0.05, 0.1) is 5.92 Å². The van der Waals surface area contributed by atoms with Crippen LogP contribution in [0.3, 0.4) is 0 Å². The number of hydrogen-bond donors (Lipinski definition) is 0. The van der Waals surface area contributed by atoms with E-state index in [9.17, 15) is 4.79 Å². The third kappa shape index (κ3) is 6.44. The molecule has 0 amide bonds. The molecule has 0 aliphatic carbocycles. The lowest BCUT2D eigenvalue weighted by Gasteiger charge is -2.37. The average Bonchev–Trinajstić information content (AvgIpc) is 2.23. The first-order chi connectivity index (χ1) is 8.34. The second-order valence-electron chi connectivity index (χ2n) is 8.26. The van der Waals surface area contributed by atoms with Crippen LogP contribution in [0, 0.1) is 16.7 Å². The molecule has 0 saturated carbocycles. The molecule has 0 aromatic rings. The van der Waals surface area contributed by atoms with Gasteiger partial charge in [-0.25, -0.2) is 0 Å². The van der Waals surface area contributed by atoms with Gasteiger partial charge >= 0.3 is 5.97 Å². The molecule has 0 radical (unpaired) electrons. The molecule has 0 heterocycles. The van der Waals surface area contributed by atoms with Gasteiger partial charge in [-0.2, -0.15) is 0 Å². The molecule has 2 nitrogen and oxygen atoms in total. The minimum atomic E-state index is -0.321.